The number of ether oxygens (including phenoxy) is 1. The summed E-state index contributed by atoms with van der Waals surface area (Å²) in [6.07, 6.45) is 6.80. The van der Waals surface area contributed by atoms with Crippen molar-refractivity contribution in [3.8, 4) is 18.1 Å². The van der Waals surface area contributed by atoms with Crippen molar-refractivity contribution in [3.05, 3.63) is 29.3 Å². The van der Waals surface area contributed by atoms with Gasteiger partial charge in [-0.05, 0) is 38.0 Å². The van der Waals surface area contributed by atoms with E-state index in [1.165, 1.54) is 0 Å². The van der Waals surface area contributed by atoms with Gasteiger partial charge in [0.2, 0.25) is 0 Å². The SMILES string of the molecule is C#CC(C)(C)Oc1ccc2c(c1)C(=O)CC2. The standard InChI is InChI=1S/C14H14O2/c1-4-14(2,3)16-11-7-5-10-6-8-13(15)12(10)9-11/h1,5,7,9H,6,8H2,2-3H3. The highest BCUT2D eigenvalue weighted by Gasteiger charge is 2.21. The summed E-state index contributed by atoms with van der Waals surface area (Å²) in [6, 6.07) is 5.61. The summed E-state index contributed by atoms with van der Waals surface area (Å²) >= 11 is 0. The highest BCUT2D eigenvalue weighted by atomic mass is 16.5. The lowest BCUT2D eigenvalue weighted by Gasteiger charge is -2.20. The lowest BCUT2D eigenvalue weighted by atomic mass is 10.1. The smallest absolute Gasteiger partial charge is 0.163 e. The van der Waals surface area contributed by atoms with Gasteiger partial charge in [-0.15, -0.1) is 6.42 Å². The molecular formula is C14H14O2. The van der Waals surface area contributed by atoms with Gasteiger partial charge in [0, 0.05) is 12.0 Å². The Hall–Kier alpha value is -1.75. The number of terminal acetylenes is 1. The van der Waals surface area contributed by atoms with E-state index in [0.29, 0.717) is 12.2 Å². The fourth-order valence-corrected chi connectivity index (χ4v) is 1.80. The third-order valence-electron chi connectivity index (χ3n) is 2.72. The molecule has 0 aromatic heterocycles. The van der Waals surface area contributed by atoms with E-state index in [9.17, 15) is 4.79 Å². The molecule has 0 fully saturated rings. The summed E-state index contributed by atoms with van der Waals surface area (Å²) < 4.78 is 5.64. The van der Waals surface area contributed by atoms with Gasteiger partial charge < -0.3 is 4.74 Å². The number of ketones is 1. The van der Waals surface area contributed by atoms with Gasteiger partial charge in [0.1, 0.15) is 5.75 Å². The Morgan fingerprint density at radius 1 is 1.38 bits per heavy atom. The third kappa shape index (κ3) is 1.94. The number of rotatable bonds is 2. The zero-order valence-electron chi connectivity index (χ0n) is 9.54. The lowest BCUT2D eigenvalue weighted by Crippen LogP contribution is -2.25. The largest absolute Gasteiger partial charge is 0.475 e. The fraction of sp³-hybridized carbons (Fsp3) is 0.357. The maximum atomic E-state index is 11.6. The zero-order chi connectivity index (χ0) is 11.8. The normalized spacial score (nSPS) is 14.4. The van der Waals surface area contributed by atoms with E-state index in [0.717, 1.165) is 17.5 Å². The molecule has 0 aliphatic heterocycles. The molecule has 2 nitrogen and oxygen atoms in total. The van der Waals surface area contributed by atoms with Crippen molar-refractivity contribution in [3.63, 3.8) is 0 Å². The van der Waals surface area contributed by atoms with Crippen LogP contribution in [0, 0.1) is 12.3 Å². The van der Waals surface area contributed by atoms with E-state index in [2.05, 4.69) is 5.92 Å². The predicted molar refractivity (Wildman–Crippen MR) is 62.6 cm³/mol. The highest BCUT2D eigenvalue weighted by Crippen LogP contribution is 2.27. The van der Waals surface area contributed by atoms with E-state index in [-0.39, 0.29) is 5.78 Å². The lowest BCUT2D eigenvalue weighted by molar-refractivity contribution is 0.0993. The van der Waals surface area contributed by atoms with Crippen molar-refractivity contribution in [1.82, 2.24) is 0 Å². The van der Waals surface area contributed by atoms with Crippen LogP contribution in [-0.2, 0) is 6.42 Å². The molecule has 0 N–H and O–H groups in total. The van der Waals surface area contributed by atoms with Crippen LogP contribution in [0.3, 0.4) is 0 Å². The van der Waals surface area contributed by atoms with Gasteiger partial charge in [-0.2, -0.15) is 0 Å². The molecule has 0 saturated carbocycles. The molecule has 2 rings (SSSR count). The quantitative estimate of drug-likeness (QED) is 0.707. The second-order valence-electron chi connectivity index (χ2n) is 4.50. The average Bonchev–Trinajstić information content (AvgIpc) is 2.60. The summed E-state index contributed by atoms with van der Waals surface area (Å²) in [7, 11) is 0. The topological polar surface area (TPSA) is 26.3 Å². The van der Waals surface area contributed by atoms with E-state index >= 15 is 0 Å². The molecule has 0 spiro atoms. The van der Waals surface area contributed by atoms with Crippen LogP contribution in [0.15, 0.2) is 18.2 Å². The zero-order valence-corrected chi connectivity index (χ0v) is 9.54. The Morgan fingerprint density at radius 2 is 2.12 bits per heavy atom. The Bertz CT molecular complexity index is 478. The Kier molecular flexibility index (Phi) is 2.47. The molecule has 0 unspecified atom stereocenters. The number of carbonyl (C=O) groups excluding carboxylic acids is 1. The summed E-state index contributed by atoms with van der Waals surface area (Å²) in [4.78, 5) is 11.6. The molecule has 2 heteroatoms. The molecule has 0 heterocycles. The number of benzene rings is 1. The molecule has 0 radical (unpaired) electrons. The van der Waals surface area contributed by atoms with E-state index < -0.39 is 5.60 Å². The number of aryl methyl sites for hydroxylation is 1. The first-order valence-corrected chi connectivity index (χ1v) is 5.35. The van der Waals surface area contributed by atoms with Gasteiger partial charge in [-0.25, -0.2) is 0 Å². The van der Waals surface area contributed by atoms with Crippen LogP contribution in [0.25, 0.3) is 0 Å². The van der Waals surface area contributed by atoms with Crippen LogP contribution in [-0.4, -0.2) is 11.4 Å². The highest BCUT2D eigenvalue weighted by molar-refractivity contribution is 6.00. The van der Waals surface area contributed by atoms with Gasteiger partial charge in [0.15, 0.2) is 11.4 Å². The van der Waals surface area contributed by atoms with Gasteiger partial charge in [0.05, 0.1) is 0 Å². The maximum absolute atomic E-state index is 11.6. The molecule has 82 valence electrons. The molecular weight excluding hydrogens is 200 g/mol. The van der Waals surface area contributed by atoms with Crippen LogP contribution in [0.5, 0.6) is 5.75 Å². The first kappa shape index (κ1) is 10.8. The second kappa shape index (κ2) is 3.68. The first-order valence-electron chi connectivity index (χ1n) is 5.35. The van der Waals surface area contributed by atoms with Gasteiger partial charge in [-0.3, -0.25) is 4.79 Å². The maximum Gasteiger partial charge on any atom is 0.163 e. The fourth-order valence-electron chi connectivity index (χ4n) is 1.80. The number of fused-ring (bicyclic) bond motifs is 1. The van der Waals surface area contributed by atoms with Crippen LogP contribution in [0.2, 0.25) is 0 Å². The number of Topliss-reactive ketones (excluding diaryl/α,β-unsaturated/α-hetero) is 1. The first-order chi connectivity index (χ1) is 7.52. The third-order valence-corrected chi connectivity index (χ3v) is 2.72. The van der Waals surface area contributed by atoms with E-state index in [1.54, 1.807) is 6.07 Å². The molecule has 1 aliphatic rings. The van der Waals surface area contributed by atoms with Crippen molar-refractivity contribution in [2.45, 2.75) is 32.3 Å². The van der Waals surface area contributed by atoms with E-state index in [1.807, 2.05) is 26.0 Å². The molecule has 1 aliphatic carbocycles. The van der Waals surface area contributed by atoms with Gasteiger partial charge in [-0.1, -0.05) is 12.0 Å². The van der Waals surface area contributed by atoms with Gasteiger partial charge in [0.25, 0.3) is 0 Å². The Balaban J connectivity index is 2.29. The minimum Gasteiger partial charge on any atom is -0.475 e. The monoisotopic (exact) mass is 214 g/mol. The molecule has 16 heavy (non-hydrogen) atoms. The van der Waals surface area contributed by atoms with Crippen molar-refractivity contribution < 1.29 is 9.53 Å². The summed E-state index contributed by atoms with van der Waals surface area (Å²) in [5.41, 5.74) is 1.25. The minimum atomic E-state index is -0.643. The molecule has 1 aromatic carbocycles. The molecule has 0 amide bonds. The summed E-state index contributed by atoms with van der Waals surface area (Å²) in [6.45, 7) is 3.64. The van der Waals surface area contributed by atoms with Crippen LogP contribution < -0.4 is 4.74 Å². The van der Waals surface area contributed by atoms with Crippen molar-refractivity contribution in [2.24, 2.45) is 0 Å². The summed E-state index contributed by atoms with van der Waals surface area (Å²) in [5, 5.41) is 0. The van der Waals surface area contributed by atoms with Crippen molar-refractivity contribution in [1.29, 1.82) is 0 Å². The summed E-state index contributed by atoms with van der Waals surface area (Å²) in [5.74, 6) is 3.42. The minimum absolute atomic E-state index is 0.193. The Morgan fingerprint density at radius 3 is 2.81 bits per heavy atom. The molecule has 0 atom stereocenters. The molecule has 1 aromatic rings. The number of hydrogen-bond donors (Lipinski definition) is 0. The van der Waals surface area contributed by atoms with Crippen molar-refractivity contribution in [2.75, 3.05) is 0 Å². The van der Waals surface area contributed by atoms with Crippen molar-refractivity contribution >= 4 is 5.78 Å². The van der Waals surface area contributed by atoms with Crippen LogP contribution >= 0.6 is 0 Å². The molecule has 0 bridgehead atoms. The number of carbonyl (C=O) groups is 1. The van der Waals surface area contributed by atoms with Gasteiger partial charge >= 0.3 is 0 Å². The Labute approximate surface area is 95.6 Å². The van der Waals surface area contributed by atoms with Crippen LogP contribution in [0.4, 0.5) is 0 Å². The number of hydrogen-bond acceptors (Lipinski definition) is 2. The van der Waals surface area contributed by atoms with E-state index in [4.69, 9.17) is 11.2 Å². The molecule has 0 saturated heterocycles. The predicted octanol–water partition coefficient (Wildman–Crippen LogP) is 2.61. The average molecular weight is 214 g/mol. The van der Waals surface area contributed by atoms with Crippen LogP contribution in [0.1, 0.15) is 36.2 Å². The second-order valence-corrected chi connectivity index (χ2v) is 4.50.